The maximum Gasteiger partial charge on any atom is 0.224 e. The molecule has 1 amide bonds. The molecule has 0 aliphatic carbocycles. The molecule has 0 spiro atoms. The van der Waals surface area contributed by atoms with Gasteiger partial charge < -0.3 is 19.1 Å². The highest BCUT2D eigenvalue weighted by molar-refractivity contribution is 5.76. The number of methoxy groups -OCH3 is 1. The number of ether oxygens (including phenoxy) is 1. The number of hydrogen-bond donors (Lipinski definition) is 0. The van der Waals surface area contributed by atoms with E-state index in [4.69, 9.17) is 4.74 Å². The topological polar surface area (TPSA) is 37.7 Å². The SMILES string of the molecule is COCCN(C[C@@H]1CCCN2CCCC[C@H]12)C(=O)CCn1cccc1. The van der Waals surface area contributed by atoms with Gasteiger partial charge in [0.2, 0.25) is 5.91 Å². The molecule has 1 aromatic rings. The second kappa shape index (κ2) is 9.39. The molecule has 0 aromatic carbocycles. The molecule has 140 valence electrons. The molecule has 3 rings (SSSR count). The molecule has 0 unspecified atom stereocenters. The van der Waals surface area contributed by atoms with Crippen LogP contribution in [0.3, 0.4) is 0 Å². The molecule has 0 bridgehead atoms. The van der Waals surface area contributed by atoms with Crippen molar-refractivity contribution in [2.45, 2.75) is 51.1 Å². The molecule has 1 aromatic heterocycles. The van der Waals surface area contributed by atoms with E-state index in [1.54, 1.807) is 7.11 Å². The lowest BCUT2D eigenvalue weighted by Crippen LogP contribution is -2.52. The fourth-order valence-electron chi connectivity index (χ4n) is 4.49. The van der Waals surface area contributed by atoms with Crippen molar-refractivity contribution in [2.24, 2.45) is 5.92 Å². The average Bonchev–Trinajstić information content (AvgIpc) is 3.17. The van der Waals surface area contributed by atoms with Gasteiger partial charge in [0.1, 0.15) is 0 Å². The quantitative estimate of drug-likeness (QED) is 0.725. The van der Waals surface area contributed by atoms with Crippen LogP contribution in [0.25, 0.3) is 0 Å². The number of fused-ring (bicyclic) bond motifs is 1. The lowest BCUT2D eigenvalue weighted by Gasteiger charge is -2.45. The second-order valence-electron chi connectivity index (χ2n) is 7.50. The first-order valence-electron chi connectivity index (χ1n) is 9.89. The summed E-state index contributed by atoms with van der Waals surface area (Å²) in [6.07, 6.45) is 11.1. The third-order valence-corrected chi connectivity index (χ3v) is 5.85. The predicted molar refractivity (Wildman–Crippen MR) is 99.4 cm³/mol. The zero-order valence-electron chi connectivity index (χ0n) is 15.6. The first-order chi connectivity index (χ1) is 12.3. The third kappa shape index (κ3) is 5.08. The van der Waals surface area contributed by atoms with Gasteiger partial charge in [0, 0.05) is 51.6 Å². The number of aromatic nitrogens is 1. The molecule has 2 aliphatic heterocycles. The summed E-state index contributed by atoms with van der Waals surface area (Å²) in [7, 11) is 1.71. The summed E-state index contributed by atoms with van der Waals surface area (Å²) in [6.45, 7) is 5.49. The van der Waals surface area contributed by atoms with Gasteiger partial charge >= 0.3 is 0 Å². The van der Waals surface area contributed by atoms with E-state index in [1.807, 2.05) is 24.5 Å². The lowest BCUT2D eigenvalue weighted by molar-refractivity contribution is -0.133. The maximum atomic E-state index is 12.8. The first-order valence-corrected chi connectivity index (χ1v) is 9.89. The van der Waals surface area contributed by atoms with Gasteiger partial charge in [-0.1, -0.05) is 6.42 Å². The summed E-state index contributed by atoms with van der Waals surface area (Å²) in [5, 5.41) is 0. The van der Waals surface area contributed by atoms with Crippen LogP contribution >= 0.6 is 0 Å². The molecule has 3 heterocycles. The van der Waals surface area contributed by atoms with Crippen molar-refractivity contribution in [3.63, 3.8) is 0 Å². The zero-order chi connectivity index (χ0) is 17.5. The monoisotopic (exact) mass is 347 g/mol. The van der Waals surface area contributed by atoms with Crippen molar-refractivity contribution in [3.05, 3.63) is 24.5 Å². The molecule has 5 nitrogen and oxygen atoms in total. The van der Waals surface area contributed by atoms with Gasteiger partial charge in [-0.2, -0.15) is 0 Å². The minimum Gasteiger partial charge on any atom is -0.383 e. The fourth-order valence-corrected chi connectivity index (χ4v) is 4.49. The van der Waals surface area contributed by atoms with Crippen LogP contribution in [0.5, 0.6) is 0 Å². The highest BCUT2D eigenvalue weighted by atomic mass is 16.5. The fraction of sp³-hybridized carbons (Fsp3) is 0.750. The van der Waals surface area contributed by atoms with E-state index < -0.39 is 0 Å². The van der Waals surface area contributed by atoms with E-state index in [2.05, 4.69) is 14.4 Å². The van der Waals surface area contributed by atoms with Gasteiger partial charge in [-0.3, -0.25) is 4.79 Å². The van der Waals surface area contributed by atoms with Gasteiger partial charge in [0.15, 0.2) is 0 Å². The number of piperidine rings is 2. The number of carbonyl (C=O) groups is 1. The minimum absolute atomic E-state index is 0.263. The summed E-state index contributed by atoms with van der Waals surface area (Å²) in [4.78, 5) is 17.6. The highest BCUT2D eigenvalue weighted by Gasteiger charge is 2.34. The number of carbonyl (C=O) groups excluding carboxylic acids is 1. The molecule has 0 saturated carbocycles. The van der Waals surface area contributed by atoms with E-state index in [9.17, 15) is 4.79 Å². The molecule has 0 radical (unpaired) electrons. The molecule has 2 atom stereocenters. The van der Waals surface area contributed by atoms with Crippen molar-refractivity contribution in [2.75, 3.05) is 39.9 Å². The Hall–Kier alpha value is -1.33. The summed E-state index contributed by atoms with van der Waals surface area (Å²) < 4.78 is 7.34. The summed E-state index contributed by atoms with van der Waals surface area (Å²) in [5.74, 6) is 0.889. The second-order valence-corrected chi connectivity index (χ2v) is 7.50. The molecule has 5 heteroatoms. The van der Waals surface area contributed by atoms with Crippen LogP contribution in [0, 0.1) is 5.92 Å². The third-order valence-electron chi connectivity index (χ3n) is 5.85. The molecule has 0 N–H and O–H groups in total. The Labute approximate surface area is 151 Å². The molecule has 25 heavy (non-hydrogen) atoms. The Kier molecular flexibility index (Phi) is 6.93. The van der Waals surface area contributed by atoms with Gasteiger partial charge in [-0.15, -0.1) is 0 Å². The average molecular weight is 348 g/mol. The van der Waals surface area contributed by atoms with Crippen LogP contribution in [-0.4, -0.2) is 66.2 Å². The highest BCUT2D eigenvalue weighted by Crippen LogP contribution is 2.31. The Bertz CT molecular complexity index is 515. The summed E-state index contributed by atoms with van der Waals surface area (Å²) in [6, 6.07) is 4.70. The van der Waals surface area contributed by atoms with Crippen LogP contribution in [-0.2, 0) is 16.1 Å². The van der Waals surface area contributed by atoms with Gasteiger partial charge in [0.25, 0.3) is 0 Å². The Balaban J connectivity index is 1.57. The molecule has 2 aliphatic rings. The van der Waals surface area contributed by atoms with Crippen molar-refractivity contribution in [1.29, 1.82) is 0 Å². The summed E-state index contributed by atoms with van der Waals surface area (Å²) >= 11 is 0. The van der Waals surface area contributed by atoms with Crippen LogP contribution in [0.4, 0.5) is 0 Å². The number of aryl methyl sites for hydroxylation is 1. The Morgan fingerprint density at radius 2 is 1.96 bits per heavy atom. The minimum atomic E-state index is 0.263. The lowest BCUT2D eigenvalue weighted by atomic mass is 9.83. The van der Waals surface area contributed by atoms with E-state index in [0.29, 0.717) is 31.5 Å². The Morgan fingerprint density at radius 1 is 1.16 bits per heavy atom. The first kappa shape index (κ1) is 18.5. The normalized spacial score (nSPS) is 24.0. The van der Waals surface area contributed by atoms with Gasteiger partial charge in [0.05, 0.1) is 6.61 Å². The van der Waals surface area contributed by atoms with E-state index in [1.165, 1.54) is 45.2 Å². The van der Waals surface area contributed by atoms with Gasteiger partial charge in [-0.25, -0.2) is 0 Å². The number of rotatable bonds is 8. The molecular weight excluding hydrogens is 314 g/mol. The largest absolute Gasteiger partial charge is 0.383 e. The van der Waals surface area contributed by atoms with E-state index in [0.717, 1.165) is 13.1 Å². The maximum absolute atomic E-state index is 12.8. The van der Waals surface area contributed by atoms with Crippen LogP contribution in [0.2, 0.25) is 0 Å². The standard InChI is InChI=1S/C20H33N3O2/c1-25-16-15-23(20(24)9-14-21-10-4-5-11-21)17-18-7-6-13-22-12-3-2-8-19(18)22/h4-5,10-11,18-19H,2-3,6-9,12-17H2,1H3/t18-,19+/m0/s1. The van der Waals surface area contributed by atoms with E-state index >= 15 is 0 Å². The zero-order valence-corrected chi connectivity index (χ0v) is 15.6. The van der Waals surface area contributed by atoms with Crippen molar-refractivity contribution in [1.82, 2.24) is 14.4 Å². The number of hydrogen-bond acceptors (Lipinski definition) is 3. The summed E-state index contributed by atoms with van der Waals surface area (Å²) in [5.41, 5.74) is 0. The molecular formula is C20H33N3O2. The molecule has 2 fully saturated rings. The predicted octanol–water partition coefficient (Wildman–Crippen LogP) is 2.62. The van der Waals surface area contributed by atoms with Crippen molar-refractivity contribution < 1.29 is 9.53 Å². The number of amides is 1. The van der Waals surface area contributed by atoms with Crippen molar-refractivity contribution >= 4 is 5.91 Å². The van der Waals surface area contributed by atoms with Crippen molar-refractivity contribution in [3.8, 4) is 0 Å². The van der Waals surface area contributed by atoms with E-state index in [-0.39, 0.29) is 5.91 Å². The Morgan fingerprint density at radius 3 is 2.76 bits per heavy atom. The van der Waals surface area contributed by atoms with Crippen LogP contribution in [0.15, 0.2) is 24.5 Å². The molecule has 2 saturated heterocycles. The van der Waals surface area contributed by atoms with Crippen LogP contribution in [0.1, 0.15) is 38.5 Å². The van der Waals surface area contributed by atoms with Crippen LogP contribution < -0.4 is 0 Å². The smallest absolute Gasteiger partial charge is 0.224 e. The van der Waals surface area contributed by atoms with Gasteiger partial charge in [-0.05, 0) is 56.8 Å². The number of nitrogens with zero attached hydrogens (tertiary/aromatic N) is 3.